The molecule has 4 heterocycles. The standard InChI is InChI=1S/C40H54F3N5O6S/c1-53-37(49)44-35-11-4-10-33(35)40(27-45-16-6-17-45,29-7-3-8-30(41)21-29)28-14-19-46(20-15-28)24-39(43)25-48(26-39)36-13-12-31(22-34(36)42)55(51,52)32-9-5-18-47(23-32)38(50)54-2/h3,7-8,12-13,21-22,28,32-33,35H,4-6,9-11,14-20,23-27H2,1-2H3,(H,44,49)/t32?,33-,35-,40?/m0/s1. The van der Waals surface area contributed by atoms with Gasteiger partial charge in [-0.05, 0) is 119 Å². The Morgan fingerprint density at radius 2 is 1.65 bits per heavy atom. The molecule has 55 heavy (non-hydrogen) atoms. The highest BCUT2D eigenvalue weighted by molar-refractivity contribution is 7.92. The third kappa shape index (κ3) is 8.03. The number of nitrogens with zero attached hydrogens (tertiary/aromatic N) is 4. The van der Waals surface area contributed by atoms with Gasteiger partial charge in [0.25, 0.3) is 0 Å². The average Bonchev–Trinajstić information content (AvgIpc) is 3.61. The summed E-state index contributed by atoms with van der Waals surface area (Å²) in [6.45, 7) is 4.58. The molecule has 2 amide bonds. The number of carbonyl (C=O) groups is 2. The van der Waals surface area contributed by atoms with Crippen molar-refractivity contribution in [2.45, 2.75) is 78.6 Å². The summed E-state index contributed by atoms with van der Waals surface area (Å²) < 4.78 is 83.4. The van der Waals surface area contributed by atoms with Gasteiger partial charge in [-0.1, -0.05) is 18.6 Å². The molecule has 1 aliphatic carbocycles. The van der Waals surface area contributed by atoms with E-state index in [2.05, 4.69) is 15.1 Å². The summed E-state index contributed by atoms with van der Waals surface area (Å²) in [5, 5.41) is 2.24. The number of alkyl halides is 1. The van der Waals surface area contributed by atoms with Crippen molar-refractivity contribution < 1.29 is 40.7 Å². The van der Waals surface area contributed by atoms with E-state index >= 15 is 8.78 Å². The molecular weight excluding hydrogens is 736 g/mol. The fourth-order valence-corrected chi connectivity index (χ4v) is 12.0. The Morgan fingerprint density at radius 3 is 2.31 bits per heavy atom. The van der Waals surface area contributed by atoms with Crippen LogP contribution in [0, 0.1) is 23.5 Å². The molecule has 1 saturated carbocycles. The molecule has 4 saturated heterocycles. The van der Waals surface area contributed by atoms with E-state index in [-0.39, 0.29) is 60.5 Å². The first-order valence-electron chi connectivity index (χ1n) is 19.7. The van der Waals surface area contributed by atoms with Crippen LogP contribution in [0.5, 0.6) is 0 Å². The lowest BCUT2D eigenvalue weighted by molar-refractivity contribution is 0.00575. The van der Waals surface area contributed by atoms with Crippen LogP contribution in [-0.2, 0) is 24.7 Å². The van der Waals surface area contributed by atoms with Crippen LogP contribution in [0.1, 0.15) is 56.9 Å². The van der Waals surface area contributed by atoms with Gasteiger partial charge in [0.15, 0.2) is 15.5 Å². The number of carbonyl (C=O) groups excluding carboxylic acids is 2. The van der Waals surface area contributed by atoms with Crippen molar-refractivity contribution in [3.8, 4) is 0 Å². The van der Waals surface area contributed by atoms with Crippen LogP contribution in [0.15, 0.2) is 47.4 Å². The summed E-state index contributed by atoms with van der Waals surface area (Å²) in [5.41, 5.74) is -0.877. The van der Waals surface area contributed by atoms with Crippen LogP contribution in [0.4, 0.5) is 28.4 Å². The molecule has 0 spiro atoms. The quantitative estimate of drug-likeness (QED) is 0.321. The summed E-state index contributed by atoms with van der Waals surface area (Å²) in [4.78, 5) is 31.9. The van der Waals surface area contributed by atoms with E-state index < -0.39 is 44.2 Å². The van der Waals surface area contributed by atoms with Gasteiger partial charge < -0.3 is 29.5 Å². The number of sulfone groups is 1. The van der Waals surface area contributed by atoms with Crippen LogP contribution >= 0.6 is 0 Å². The maximum Gasteiger partial charge on any atom is 0.409 e. The Morgan fingerprint density at radius 1 is 0.891 bits per heavy atom. The average molecular weight is 790 g/mol. The Kier molecular flexibility index (Phi) is 11.6. The number of alkyl carbamates (subject to hydrolysis) is 1. The molecule has 302 valence electrons. The Labute approximate surface area is 322 Å². The van der Waals surface area contributed by atoms with Crippen LogP contribution in [-0.4, -0.2) is 132 Å². The van der Waals surface area contributed by atoms with E-state index in [4.69, 9.17) is 9.47 Å². The molecule has 11 nitrogen and oxygen atoms in total. The topological polar surface area (TPSA) is 112 Å². The van der Waals surface area contributed by atoms with Crippen molar-refractivity contribution in [1.29, 1.82) is 0 Å². The van der Waals surface area contributed by atoms with Gasteiger partial charge in [0, 0.05) is 37.6 Å². The predicted molar refractivity (Wildman–Crippen MR) is 202 cm³/mol. The smallest absolute Gasteiger partial charge is 0.409 e. The van der Waals surface area contributed by atoms with Gasteiger partial charge in [-0.2, -0.15) is 0 Å². The van der Waals surface area contributed by atoms with E-state index in [0.717, 1.165) is 69.8 Å². The molecule has 2 unspecified atom stereocenters. The second-order valence-corrected chi connectivity index (χ2v) is 18.6. The highest BCUT2D eigenvalue weighted by Crippen LogP contribution is 2.52. The number of likely N-dealkylation sites (tertiary alicyclic amines) is 3. The van der Waals surface area contributed by atoms with Crippen molar-refractivity contribution in [1.82, 2.24) is 20.0 Å². The first kappa shape index (κ1) is 39.7. The normalized spacial score (nSPS) is 26.1. The molecule has 5 aliphatic rings. The minimum Gasteiger partial charge on any atom is -0.453 e. The van der Waals surface area contributed by atoms with E-state index in [0.29, 0.717) is 32.5 Å². The molecule has 2 aromatic rings. The largest absolute Gasteiger partial charge is 0.453 e. The van der Waals surface area contributed by atoms with Crippen molar-refractivity contribution in [2.24, 2.45) is 11.8 Å². The highest BCUT2D eigenvalue weighted by atomic mass is 32.2. The Balaban J connectivity index is 1.02. The van der Waals surface area contributed by atoms with Gasteiger partial charge in [0.2, 0.25) is 0 Å². The number of methoxy groups -OCH3 is 2. The number of halogens is 3. The summed E-state index contributed by atoms with van der Waals surface area (Å²) in [6, 6.07) is 10.6. The SMILES string of the molecule is COC(=O)N[C@H]1CCC[C@@H]1C(CN1CCC1)(c1cccc(F)c1)C1CCN(CC2(F)CN(c3ccc(S(=O)(=O)C4CCCN(C(=O)OC)C4)cc3F)C2)CC1. The Hall–Kier alpha value is -3.56. The summed E-state index contributed by atoms with van der Waals surface area (Å²) in [7, 11) is -1.31. The maximum atomic E-state index is 16.3. The molecule has 2 aromatic carbocycles. The van der Waals surface area contributed by atoms with Crippen LogP contribution < -0.4 is 10.2 Å². The second-order valence-electron chi connectivity index (χ2n) is 16.4. The van der Waals surface area contributed by atoms with E-state index in [1.165, 1.54) is 37.3 Å². The molecule has 1 N–H and O–H groups in total. The zero-order chi connectivity index (χ0) is 39.0. The van der Waals surface area contributed by atoms with E-state index in [9.17, 15) is 22.4 Å². The number of hydrogen-bond acceptors (Lipinski definition) is 9. The Bertz CT molecular complexity index is 1820. The number of anilines is 1. The molecular formula is C40H54F3N5O6S. The van der Waals surface area contributed by atoms with Gasteiger partial charge >= 0.3 is 12.2 Å². The molecule has 5 fully saturated rings. The van der Waals surface area contributed by atoms with Gasteiger partial charge in [-0.15, -0.1) is 0 Å². The molecule has 15 heteroatoms. The first-order valence-corrected chi connectivity index (χ1v) is 21.3. The number of rotatable bonds is 11. The van der Waals surface area contributed by atoms with Crippen LogP contribution in [0.2, 0.25) is 0 Å². The zero-order valence-corrected chi connectivity index (χ0v) is 32.7. The molecule has 4 atom stereocenters. The lowest BCUT2D eigenvalue weighted by Crippen LogP contribution is -2.65. The monoisotopic (exact) mass is 789 g/mol. The van der Waals surface area contributed by atoms with Crippen molar-refractivity contribution in [2.75, 3.05) is 84.6 Å². The minimum absolute atomic E-state index is 0.0161. The highest BCUT2D eigenvalue weighted by Gasteiger charge is 2.54. The summed E-state index contributed by atoms with van der Waals surface area (Å²) in [6.07, 6.45) is 5.16. The van der Waals surface area contributed by atoms with Gasteiger partial charge in [0.05, 0.1) is 43.1 Å². The fraction of sp³-hybridized carbons (Fsp3) is 0.650. The molecule has 7 rings (SSSR count). The third-order valence-electron chi connectivity index (χ3n) is 13.1. The number of ether oxygens (including phenoxy) is 2. The predicted octanol–water partition coefficient (Wildman–Crippen LogP) is 5.38. The summed E-state index contributed by atoms with van der Waals surface area (Å²) >= 11 is 0. The zero-order valence-electron chi connectivity index (χ0n) is 31.9. The third-order valence-corrected chi connectivity index (χ3v) is 15.2. The number of hydrogen-bond donors (Lipinski definition) is 1. The maximum absolute atomic E-state index is 16.3. The summed E-state index contributed by atoms with van der Waals surface area (Å²) in [5.74, 6) is -0.763. The van der Waals surface area contributed by atoms with Crippen molar-refractivity contribution >= 4 is 27.7 Å². The fourth-order valence-electron chi connectivity index (χ4n) is 10.3. The van der Waals surface area contributed by atoms with E-state index in [1.54, 1.807) is 17.0 Å². The van der Waals surface area contributed by atoms with E-state index in [1.807, 2.05) is 6.07 Å². The molecule has 4 aliphatic heterocycles. The lowest BCUT2D eigenvalue weighted by Gasteiger charge is -2.54. The number of nitrogens with one attached hydrogen (secondary N) is 1. The van der Waals surface area contributed by atoms with Gasteiger partial charge in [-0.25, -0.2) is 31.2 Å². The molecule has 0 bridgehead atoms. The number of amides is 2. The number of benzene rings is 2. The minimum atomic E-state index is -3.92. The van der Waals surface area contributed by atoms with Gasteiger partial charge in [0.1, 0.15) is 11.6 Å². The molecule has 0 aromatic heterocycles. The lowest BCUT2D eigenvalue weighted by atomic mass is 9.57. The van der Waals surface area contributed by atoms with Crippen LogP contribution in [0.3, 0.4) is 0 Å². The number of piperidine rings is 2. The van der Waals surface area contributed by atoms with Crippen LogP contribution in [0.25, 0.3) is 0 Å². The molecule has 0 radical (unpaired) electrons. The van der Waals surface area contributed by atoms with Gasteiger partial charge in [-0.3, -0.25) is 4.90 Å². The first-order chi connectivity index (χ1) is 26.3. The van der Waals surface area contributed by atoms with Crippen molar-refractivity contribution in [3.05, 3.63) is 59.7 Å². The second kappa shape index (κ2) is 16.1. The van der Waals surface area contributed by atoms with Crippen molar-refractivity contribution in [3.63, 3.8) is 0 Å².